The maximum atomic E-state index is 12.2. The van der Waals surface area contributed by atoms with E-state index in [1.54, 1.807) is 0 Å². The van der Waals surface area contributed by atoms with Crippen molar-refractivity contribution in [2.75, 3.05) is 13.7 Å². The van der Waals surface area contributed by atoms with Crippen molar-refractivity contribution in [1.82, 2.24) is 5.32 Å². The molecule has 0 unspecified atom stereocenters. The molecule has 2 heterocycles. The van der Waals surface area contributed by atoms with Crippen molar-refractivity contribution >= 4 is 20.2 Å². The van der Waals surface area contributed by atoms with Crippen LogP contribution in [0.2, 0.25) is 18.1 Å². The lowest BCUT2D eigenvalue weighted by Gasteiger charge is -2.52. The number of carbonyl (C=O) groups is 2. The molecule has 1 aromatic rings. The number of benzene rings is 1. The molecule has 6 atom stereocenters. The minimum absolute atomic E-state index is 0.00978. The van der Waals surface area contributed by atoms with Gasteiger partial charge in [0.1, 0.15) is 12.2 Å². The highest BCUT2D eigenvalue weighted by Crippen LogP contribution is 2.42. The maximum absolute atomic E-state index is 12.2. The zero-order valence-electron chi connectivity index (χ0n) is 20.6. The Morgan fingerprint density at radius 1 is 1.15 bits per heavy atom. The molecule has 0 radical (unpaired) electrons. The summed E-state index contributed by atoms with van der Waals surface area (Å²) < 4.78 is 30.4. The minimum Gasteiger partial charge on any atom is -0.469 e. The highest BCUT2D eigenvalue weighted by molar-refractivity contribution is 6.74. The summed E-state index contributed by atoms with van der Waals surface area (Å²) in [7, 11) is -0.949. The molecule has 2 aliphatic rings. The summed E-state index contributed by atoms with van der Waals surface area (Å²) in [6.07, 6.45) is -2.65. The number of ether oxygens (including phenoxy) is 4. The Hall–Kier alpha value is -1.78. The molecular weight excluding hydrogens is 442 g/mol. The zero-order chi connectivity index (χ0) is 24.4. The van der Waals surface area contributed by atoms with Crippen LogP contribution >= 0.6 is 0 Å². The molecule has 0 saturated carbocycles. The summed E-state index contributed by atoms with van der Waals surface area (Å²) in [6, 6.07) is 9.12. The molecule has 0 bridgehead atoms. The van der Waals surface area contributed by atoms with E-state index >= 15 is 0 Å². The molecular formula is C24H37NO7Si. The second kappa shape index (κ2) is 10.2. The van der Waals surface area contributed by atoms with Crippen LogP contribution in [0.4, 0.5) is 0 Å². The average molecular weight is 480 g/mol. The number of hydrogen-bond donors (Lipinski definition) is 1. The van der Waals surface area contributed by atoms with Crippen LogP contribution in [0.1, 0.15) is 46.0 Å². The van der Waals surface area contributed by atoms with Gasteiger partial charge < -0.3 is 28.7 Å². The Kier molecular flexibility index (Phi) is 8.01. The smallest absolute Gasteiger partial charge is 0.308 e. The molecule has 0 aromatic heterocycles. The molecule has 2 fully saturated rings. The molecule has 0 aliphatic carbocycles. The molecule has 1 amide bonds. The van der Waals surface area contributed by atoms with E-state index in [-0.39, 0.29) is 24.0 Å². The molecule has 1 N–H and O–H groups in total. The average Bonchev–Trinajstić information content (AvgIpc) is 2.75. The standard InChI is InChI=1S/C24H37NO7Si/c1-15(26)25-20-17(13-19(27)28-5)30-18-14-29-23(16-11-9-8-10-12-16)31-21(18)22(20)32-33(6,7)24(2,3)4/h8-12,17-18,20-23H,13-14H2,1-7H3,(H,25,26)/t17-,18-,20+,21-,22-,23-/m1/s1. The number of amides is 1. The lowest BCUT2D eigenvalue weighted by atomic mass is 9.90. The maximum Gasteiger partial charge on any atom is 0.308 e. The van der Waals surface area contributed by atoms with E-state index in [0.29, 0.717) is 0 Å². The van der Waals surface area contributed by atoms with Gasteiger partial charge in [0.05, 0.1) is 38.4 Å². The second-order valence-electron chi connectivity index (χ2n) is 10.2. The van der Waals surface area contributed by atoms with Crippen molar-refractivity contribution in [3.8, 4) is 0 Å². The highest BCUT2D eigenvalue weighted by Gasteiger charge is 2.54. The van der Waals surface area contributed by atoms with E-state index in [0.717, 1.165) is 5.56 Å². The van der Waals surface area contributed by atoms with Crippen LogP contribution < -0.4 is 5.32 Å². The van der Waals surface area contributed by atoms with Crippen LogP contribution in [0.3, 0.4) is 0 Å². The van der Waals surface area contributed by atoms with Gasteiger partial charge in [0, 0.05) is 12.5 Å². The van der Waals surface area contributed by atoms with E-state index in [1.165, 1.54) is 14.0 Å². The molecule has 3 rings (SSSR count). The monoisotopic (exact) mass is 479 g/mol. The van der Waals surface area contributed by atoms with Crippen molar-refractivity contribution < 1.29 is 33.0 Å². The van der Waals surface area contributed by atoms with E-state index in [1.807, 2.05) is 30.3 Å². The number of methoxy groups -OCH3 is 1. The molecule has 33 heavy (non-hydrogen) atoms. The molecule has 2 aliphatic heterocycles. The quantitative estimate of drug-likeness (QED) is 0.494. The predicted octanol–water partition coefficient (Wildman–Crippen LogP) is 3.33. The van der Waals surface area contributed by atoms with Crippen LogP contribution in [-0.2, 0) is 33.0 Å². The summed E-state index contributed by atoms with van der Waals surface area (Å²) in [5.74, 6) is -0.646. The van der Waals surface area contributed by atoms with Crippen molar-refractivity contribution in [2.24, 2.45) is 0 Å². The molecule has 9 heteroatoms. The fourth-order valence-corrected chi connectivity index (χ4v) is 5.27. The fourth-order valence-electron chi connectivity index (χ4n) is 3.95. The first-order chi connectivity index (χ1) is 15.4. The van der Waals surface area contributed by atoms with Gasteiger partial charge in [-0.3, -0.25) is 9.59 Å². The van der Waals surface area contributed by atoms with Crippen molar-refractivity contribution in [3.63, 3.8) is 0 Å². The predicted molar refractivity (Wildman–Crippen MR) is 125 cm³/mol. The van der Waals surface area contributed by atoms with Gasteiger partial charge in [-0.15, -0.1) is 0 Å². The normalized spacial score (nSPS) is 30.3. The third-order valence-corrected chi connectivity index (χ3v) is 11.2. The Bertz CT molecular complexity index is 826. The van der Waals surface area contributed by atoms with Gasteiger partial charge in [0.15, 0.2) is 14.6 Å². The summed E-state index contributed by atoms with van der Waals surface area (Å²) in [6.45, 7) is 12.5. The molecule has 8 nitrogen and oxygen atoms in total. The first-order valence-electron chi connectivity index (χ1n) is 11.4. The zero-order valence-corrected chi connectivity index (χ0v) is 21.6. The third kappa shape index (κ3) is 6.02. The minimum atomic E-state index is -2.28. The highest BCUT2D eigenvalue weighted by atomic mass is 28.4. The first kappa shape index (κ1) is 25.8. The van der Waals surface area contributed by atoms with Crippen molar-refractivity contribution in [1.29, 1.82) is 0 Å². The lowest BCUT2D eigenvalue weighted by molar-refractivity contribution is -0.313. The number of nitrogens with one attached hydrogen (secondary N) is 1. The van der Waals surface area contributed by atoms with Crippen LogP contribution in [0, 0.1) is 0 Å². The van der Waals surface area contributed by atoms with Gasteiger partial charge in [0.25, 0.3) is 0 Å². The first-order valence-corrected chi connectivity index (χ1v) is 14.3. The lowest BCUT2D eigenvalue weighted by Crippen LogP contribution is -2.69. The van der Waals surface area contributed by atoms with Crippen molar-refractivity contribution in [3.05, 3.63) is 35.9 Å². The topological polar surface area (TPSA) is 92.3 Å². The van der Waals surface area contributed by atoms with Crippen LogP contribution in [-0.4, -0.2) is 64.4 Å². The molecule has 1 aromatic carbocycles. The number of hydrogen-bond acceptors (Lipinski definition) is 7. The third-order valence-electron chi connectivity index (χ3n) is 6.76. The largest absolute Gasteiger partial charge is 0.469 e. The summed E-state index contributed by atoms with van der Waals surface area (Å²) >= 11 is 0. The Morgan fingerprint density at radius 3 is 2.39 bits per heavy atom. The Morgan fingerprint density at radius 2 is 1.82 bits per heavy atom. The van der Waals surface area contributed by atoms with Gasteiger partial charge in [-0.25, -0.2) is 0 Å². The number of esters is 1. The SMILES string of the molecule is COC(=O)C[C@H]1O[C@@H]2CO[C@@H](c3ccccc3)O[C@H]2[C@H](O[Si](C)(C)C(C)(C)C)[C@H]1NC(C)=O. The molecule has 184 valence electrons. The van der Waals surface area contributed by atoms with Crippen LogP contribution in [0.15, 0.2) is 30.3 Å². The van der Waals surface area contributed by atoms with Gasteiger partial charge in [-0.1, -0.05) is 51.1 Å². The summed E-state index contributed by atoms with van der Waals surface area (Å²) in [5.41, 5.74) is 0.898. The number of rotatable bonds is 6. The van der Waals surface area contributed by atoms with E-state index in [9.17, 15) is 9.59 Å². The van der Waals surface area contributed by atoms with Crippen LogP contribution in [0.5, 0.6) is 0 Å². The van der Waals surface area contributed by atoms with Crippen molar-refractivity contribution in [2.45, 2.75) is 89.0 Å². The van der Waals surface area contributed by atoms with Gasteiger partial charge in [0.2, 0.25) is 5.91 Å². The summed E-state index contributed by atoms with van der Waals surface area (Å²) in [5, 5.41) is 2.91. The van der Waals surface area contributed by atoms with Gasteiger partial charge in [-0.2, -0.15) is 0 Å². The van der Waals surface area contributed by atoms with Gasteiger partial charge >= 0.3 is 5.97 Å². The Labute approximate surface area is 197 Å². The Balaban J connectivity index is 1.97. The number of carbonyl (C=O) groups excluding carboxylic acids is 2. The van der Waals surface area contributed by atoms with E-state index in [4.69, 9.17) is 23.4 Å². The molecule has 0 spiro atoms. The van der Waals surface area contributed by atoms with E-state index < -0.39 is 51.0 Å². The van der Waals surface area contributed by atoms with Gasteiger partial charge in [-0.05, 0) is 18.1 Å². The molecule has 2 saturated heterocycles. The van der Waals surface area contributed by atoms with E-state index in [2.05, 4.69) is 39.2 Å². The second-order valence-corrected chi connectivity index (χ2v) is 15.0. The summed E-state index contributed by atoms with van der Waals surface area (Å²) in [4.78, 5) is 24.3. The fraction of sp³-hybridized carbons (Fsp3) is 0.667. The van der Waals surface area contributed by atoms with Crippen LogP contribution in [0.25, 0.3) is 0 Å². The number of fused-ring (bicyclic) bond motifs is 1.